The van der Waals surface area contributed by atoms with E-state index in [0.29, 0.717) is 11.5 Å². The Hall–Kier alpha value is -0.890. The van der Waals surface area contributed by atoms with Gasteiger partial charge in [-0.25, -0.2) is 0 Å². The average Bonchev–Trinajstić information content (AvgIpc) is 2.70. The maximum Gasteiger partial charge on any atom is 0.0498 e. The number of fused-ring (bicyclic) bond motifs is 2. The molecule has 0 aromatic carbocycles. The van der Waals surface area contributed by atoms with Crippen molar-refractivity contribution in [2.75, 3.05) is 13.1 Å². The van der Waals surface area contributed by atoms with Gasteiger partial charge >= 0.3 is 0 Å². The molecule has 0 unspecified atom stereocenters. The summed E-state index contributed by atoms with van der Waals surface area (Å²) in [5.74, 6) is 0. The predicted octanol–water partition coefficient (Wildman–Crippen LogP) is 2.77. The number of aromatic nitrogens is 1. The highest BCUT2D eigenvalue weighted by atomic mass is 15.2. The van der Waals surface area contributed by atoms with Gasteiger partial charge in [0.25, 0.3) is 0 Å². The Labute approximate surface area is 104 Å². The van der Waals surface area contributed by atoms with E-state index in [1.165, 1.54) is 50.0 Å². The molecule has 0 atom stereocenters. The van der Waals surface area contributed by atoms with Crippen molar-refractivity contribution in [3.8, 4) is 0 Å². The smallest absolute Gasteiger partial charge is 0.0498 e. The standard InChI is InChI=1S/C15H22N2/c1-12(2)17-10-7-15(8-11-17)6-5-13-4-3-9-16-14(13)15/h3-4,9,12H,5-8,10-11H2,1-2H3. The second kappa shape index (κ2) is 4.09. The number of nitrogens with zero attached hydrogens (tertiary/aromatic N) is 2. The van der Waals surface area contributed by atoms with E-state index in [4.69, 9.17) is 0 Å². The molecular weight excluding hydrogens is 208 g/mol. The Bertz CT molecular complexity index is 403. The lowest BCUT2D eigenvalue weighted by atomic mass is 9.76. The van der Waals surface area contributed by atoms with E-state index in [-0.39, 0.29) is 0 Å². The van der Waals surface area contributed by atoms with E-state index >= 15 is 0 Å². The third-order valence-corrected chi connectivity index (χ3v) is 4.75. The lowest BCUT2D eigenvalue weighted by molar-refractivity contribution is 0.127. The van der Waals surface area contributed by atoms with Crippen molar-refractivity contribution in [3.05, 3.63) is 29.6 Å². The fourth-order valence-corrected chi connectivity index (χ4v) is 3.57. The highest BCUT2D eigenvalue weighted by Crippen LogP contribution is 2.45. The van der Waals surface area contributed by atoms with Crippen LogP contribution in [0, 0.1) is 0 Å². The number of hydrogen-bond acceptors (Lipinski definition) is 2. The van der Waals surface area contributed by atoms with Crippen LogP contribution in [0.25, 0.3) is 0 Å². The maximum absolute atomic E-state index is 4.69. The SMILES string of the molecule is CC(C)N1CCC2(CCc3cccnc32)CC1. The van der Waals surface area contributed by atoms with Gasteiger partial charge in [-0.05, 0) is 64.3 Å². The van der Waals surface area contributed by atoms with E-state index in [1.54, 1.807) is 0 Å². The Balaban J connectivity index is 1.82. The van der Waals surface area contributed by atoms with Crippen molar-refractivity contribution in [1.82, 2.24) is 9.88 Å². The number of likely N-dealkylation sites (tertiary alicyclic amines) is 1. The van der Waals surface area contributed by atoms with Gasteiger partial charge in [0.2, 0.25) is 0 Å². The van der Waals surface area contributed by atoms with Crippen molar-refractivity contribution in [1.29, 1.82) is 0 Å². The highest BCUT2D eigenvalue weighted by molar-refractivity contribution is 5.34. The number of aryl methyl sites for hydroxylation is 1. The topological polar surface area (TPSA) is 16.1 Å². The van der Waals surface area contributed by atoms with Gasteiger partial charge in [0.05, 0.1) is 0 Å². The second-order valence-electron chi connectivity index (χ2n) is 5.92. The quantitative estimate of drug-likeness (QED) is 0.737. The van der Waals surface area contributed by atoms with Gasteiger partial charge in [-0.3, -0.25) is 4.98 Å². The summed E-state index contributed by atoms with van der Waals surface area (Å²) >= 11 is 0. The molecule has 0 amide bonds. The summed E-state index contributed by atoms with van der Waals surface area (Å²) in [6.45, 7) is 7.10. The summed E-state index contributed by atoms with van der Waals surface area (Å²) in [5.41, 5.74) is 3.34. The van der Waals surface area contributed by atoms with Crippen LogP contribution in [0.15, 0.2) is 18.3 Å². The average molecular weight is 230 g/mol. The number of hydrogen-bond donors (Lipinski definition) is 0. The Morgan fingerprint density at radius 1 is 1.24 bits per heavy atom. The number of rotatable bonds is 1. The summed E-state index contributed by atoms with van der Waals surface area (Å²) in [7, 11) is 0. The van der Waals surface area contributed by atoms with Crippen LogP contribution in [0.3, 0.4) is 0 Å². The summed E-state index contributed by atoms with van der Waals surface area (Å²) < 4.78 is 0. The largest absolute Gasteiger partial charge is 0.301 e. The molecule has 1 aromatic heterocycles. The molecule has 1 fully saturated rings. The third kappa shape index (κ3) is 1.79. The van der Waals surface area contributed by atoms with Crippen LogP contribution in [-0.2, 0) is 11.8 Å². The van der Waals surface area contributed by atoms with Gasteiger partial charge in [0.15, 0.2) is 0 Å². The molecule has 2 heterocycles. The van der Waals surface area contributed by atoms with Crippen molar-refractivity contribution in [3.63, 3.8) is 0 Å². The molecule has 0 radical (unpaired) electrons. The molecule has 1 saturated heterocycles. The molecule has 0 bridgehead atoms. The van der Waals surface area contributed by atoms with Gasteiger partial charge < -0.3 is 4.90 Å². The van der Waals surface area contributed by atoms with Gasteiger partial charge in [-0.15, -0.1) is 0 Å². The molecule has 0 N–H and O–H groups in total. The van der Waals surface area contributed by atoms with E-state index in [0.717, 1.165) is 0 Å². The number of piperidine rings is 1. The molecule has 1 aliphatic heterocycles. The normalized spacial score (nSPS) is 23.2. The molecule has 3 rings (SSSR count). The van der Waals surface area contributed by atoms with Gasteiger partial charge in [0, 0.05) is 23.3 Å². The fourth-order valence-electron chi connectivity index (χ4n) is 3.57. The van der Waals surface area contributed by atoms with Crippen LogP contribution >= 0.6 is 0 Å². The lowest BCUT2D eigenvalue weighted by Crippen LogP contribution is -2.44. The van der Waals surface area contributed by atoms with Gasteiger partial charge in [-0.2, -0.15) is 0 Å². The van der Waals surface area contributed by atoms with Gasteiger partial charge in [-0.1, -0.05) is 6.07 Å². The summed E-state index contributed by atoms with van der Waals surface area (Å²) in [4.78, 5) is 7.29. The first-order valence-electron chi connectivity index (χ1n) is 6.90. The van der Waals surface area contributed by atoms with Crippen LogP contribution in [0.5, 0.6) is 0 Å². The summed E-state index contributed by atoms with van der Waals surface area (Å²) in [6, 6.07) is 5.05. The van der Waals surface area contributed by atoms with Crippen LogP contribution in [0.1, 0.15) is 44.4 Å². The zero-order valence-corrected chi connectivity index (χ0v) is 10.9. The first kappa shape index (κ1) is 11.2. The first-order chi connectivity index (χ1) is 8.21. The lowest BCUT2D eigenvalue weighted by Gasteiger charge is -2.41. The Kier molecular flexibility index (Phi) is 2.70. The maximum atomic E-state index is 4.69. The van der Waals surface area contributed by atoms with Crippen LogP contribution < -0.4 is 0 Å². The molecule has 1 spiro atoms. The van der Waals surface area contributed by atoms with Crippen molar-refractivity contribution < 1.29 is 0 Å². The molecule has 1 aromatic rings. The minimum atomic E-state index is 0.419. The zero-order valence-electron chi connectivity index (χ0n) is 10.9. The minimum absolute atomic E-state index is 0.419. The van der Waals surface area contributed by atoms with Crippen LogP contribution in [0.4, 0.5) is 0 Å². The summed E-state index contributed by atoms with van der Waals surface area (Å²) in [6.07, 6.45) is 7.14. The molecule has 2 aliphatic rings. The number of pyridine rings is 1. The zero-order chi connectivity index (χ0) is 11.9. The van der Waals surface area contributed by atoms with Crippen LogP contribution in [0.2, 0.25) is 0 Å². The summed E-state index contributed by atoms with van der Waals surface area (Å²) in [5, 5.41) is 0. The molecule has 1 aliphatic carbocycles. The van der Waals surface area contributed by atoms with Crippen LogP contribution in [-0.4, -0.2) is 29.0 Å². The van der Waals surface area contributed by atoms with Crippen molar-refractivity contribution in [2.24, 2.45) is 0 Å². The Morgan fingerprint density at radius 3 is 2.71 bits per heavy atom. The van der Waals surface area contributed by atoms with E-state index in [1.807, 2.05) is 6.20 Å². The predicted molar refractivity (Wildman–Crippen MR) is 70.2 cm³/mol. The highest BCUT2D eigenvalue weighted by Gasteiger charge is 2.42. The molecule has 0 saturated carbocycles. The van der Waals surface area contributed by atoms with E-state index < -0.39 is 0 Å². The van der Waals surface area contributed by atoms with Crippen molar-refractivity contribution >= 4 is 0 Å². The third-order valence-electron chi connectivity index (χ3n) is 4.75. The van der Waals surface area contributed by atoms with Crippen molar-refractivity contribution in [2.45, 2.75) is 51.0 Å². The molecule has 2 heteroatoms. The second-order valence-corrected chi connectivity index (χ2v) is 5.92. The first-order valence-corrected chi connectivity index (χ1v) is 6.90. The molecule has 17 heavy (non-hydrogen) atoms. The fraction of sp³-hybridized carbons (Fsp3) is 0.667. The van der Waals surface area contributed by atoms with E-state index in [9.17, 15) is 0 Å². The molecule has 2 nitrogen and oxygen atoms in total. The van der Waals surface area contributed by atoms with Gasteiger partial charge in [0.1, 0.15) is 0 Å². The van der Waals surface area contributed by atoms with E-state index in [2.05, 4.69) is 35.9 Å². The monoisotopic (exact) mass is 230 g/mol. The molecular formula is C15H22N2. The minimum Gasteiger partial charge on any atom is -0.301 e. The Morgan fingerprint density at radius 2 is 2.00 bits per heavy atom. The molecule has 92 valence electrons.